The lowest BCUT2D eigenvalue weighted by molar-refractivity contribution is -0.199. The predicted molar refractivity (Wildman–Crippen MR) is 60.1 cm³/mol. The molecule has 2 nitrogen and oxygen atoms in total. The summed E-state index contributed by atoms with van der Waals surface area (Å²) in [7, 11) is 0. The van der Waals surface area contributed by atoms with Crippen LogP contribution in [0.15, 0.2) is 22.7 Å². The van der Waals surface area contributed by atoms with E-state index in [9.17, 15) is 22.7 Å². The fourth-order valence-electron chi connectivity index (χ4n) is 2.05. The lowest BCUT2D eigenvalue weighted by Crippen LogP contribution is -2.53. The van der Waals surface area contributed by atoms with Gasteiger partial charge in [0.2, 0.25) is 0 Å². The van der Waals surface area contributed by atoms with E-state index in [1.165, 1.54) is 6.07 Å². The lowest BCUT2D eigenvalue weighted by atomic mass is 9.84. The zero-order valence-electron chi connectivity index (χ0n) is 9.01. The number of hydrogen-bond acceptors (Lipinski definition) is 2. The molecule has 0 amide bonds. The maximum atomic E-state index is 13.6. The van der Waals surface area contributed by atoms with Gasteiger partial charge in [-0.2, -0.15) is 13.2 Å². The second-order valence-corrected chi connectivity index (χ2v) is 5.32. The van der Waals surface area contributed by atoms with Crippen molar-refractivity contribution in [2.45, 2.75) is 24.2 Å². The van der Waals surface area contributed by atoms with E-state index in [0.29, 0.717) is 4.47 Å². The summed E-state index contributed by atoms with van der Waals surface area (Å²) in [6, 6.07) is 3.22. The summed E-state index contributed by atoms with van der Waals surface area (Å²) in [4.78, 5) is 0. The molecule has 2 rings (SSSR count). The molecule has 0 unspecified atom stereocenters. The third kappa shape index (κ3) is 2.04. The van der Waals surface area contributed by atoms with E-state index in [4.69, 9.17) is 5.73 Å². The van der Waals surface area contributed by atoms with Crippen LogP contribution in [0.2, 0.25) is 0 Å². The van der Waals surface area contributed by atoms with Crippen LogP contribution in [0.4, 0.5) is 17.6 Å². The number of aliphatic hydroxyl groups excluding tert-OH is 1. The quantitative estimate of drug-likeness (QED) is 0.820. The minimum atomic E-state index is -4.84. The van der Waals surface area contributed by atoms with E-state index >= 15 is 0 Å². The Labute approximate surface area is 109 Å². The molecule has 0 radical (unpaired) electrons. The molecule has 0 aliphatic heterocycles. The second kappa shape index (κ2) is 4.18. The maximum Gasteiger partial charge on any atom is 0.411 e. The number of nitrogens with two attached hydrogens (primary N) is 1. The van der Waals surface area contributed by atoms with Crippen molar-refractivity contribution in [3.8, 4) is 0 Å². The molecule has 3 N–H and O–H groups in total. The van der Waals surface area contributed by atoms with Crippen LogP contribution in [0.5, 0.6) is 0 Å². The summed E-state index contributed by atoms with van der Waals surface area (Å²) in [6.07, 6.45) is -6.06. The van der Waals surface area contributed by atoms with Gasteiger partial charge in [0, 0.05) is 16.0 Å². The van der Waals surface area contributed by atoms with Crippen molar-refractivity contribution in [1.82, 2.24) is 0 Å². The van der Waals surface area contributed by atoms with Gasteiger partial charge in [-0.15, -0.1) is 0 Å². The Morgan fingerprint density at radius 2 is 1.89 bits per heavy atom. The summed E-state index contributed by atoms with van der Waals surface area (Å²) in [5.41, 5.74) is 1.91. The van der Waals surface area contributed by atoms with Crippen LogP contribution < -0.4 is 5.73 Å². The van der Waals surface area contributed by atoms with Crippen molar-refractivity contribution in [1.29, 1.82) is 0 Å². The fourth-order valence-corrected chi connectivity index (χ4v) is 2.41. The van der Waals surface area contributed by atoms with Gasteiger partial charge in [-0.3, -0.25) is 0 Å². The Balaban J connectivity index is 2.57. The molecular formula is C11H10BrF4NO. The van der Waals surface area contributed by atoms with Crippen LogP contribution >= 0.6 is 15.9 Å². The largest absolute Gasteiger partial charge is 0.411 e. The molecule has 0 heterocycles. The van der Waals surface area contributed by atoms with E-state index in [2.05, 4.69) is 15.9 Å². The first kappa shape index (κ1) is 13.8. The molecular weight excluding hydrogens is 318 g/mol. The lowest BCUT2D eigenvalue weighted by Gasteiger charge is -2.33. The van der Waals surface area contributed by atoms with Gasteiger partial charge < -0.3 is 10.8 Å². The van der Waals surface area contributed by atoms with Crippen molar-refractivity contribution in [2.24, 2.45) is 11.7 Å². The highest BCUT2D eigenvalue weighted by molar-refractivity contribution is 9.10. The number of hydrogen-bond donors (Lipinski definition) is 2. The molecule has 1 aromatic carbocycles. The van der Waals surface area contributed by atoms with Crippen LogP contribution in [-0.4, -0.2) is 17.4 Å². The topological polar surface area (TPSA) is 46.2 Å². The van der Waals surface area contributed by atoms with Gasteiger partial charge >= 0.3 is 6.18 Å². The minimum Gasteiger partial charge on any atom is -0.393 e. The van der Waals surface area contributed by atoms with Gasteiger partial charge in [-0.25, -0.2) is 4.39 Å². The standard InChI is InChI=1S/C11H10BrF4NO/c12-5-1-2-8(13)6(3-5)10(17,11(14,15)16)7-4-9(7)18/h1-3,7,9,18H,4,17H2/t7-,9+,10+/m0/s1. The van der Waals surface area contributed by atoms with Crippen LogP contribution in [-0.2, 0) is 5.54 Å². The van der Waals surface area contributed by atoms with Crippen LogP contribution in [0, 0.1) is 11.7 Å². The zero-order chi connectivity index (χ0) is 13.7. The van der Waals surface area contributed by atoms with Crippen molar-refractivity contribution < 1.29 is 22.7 Å². The highest BCUT2D eigenvalue weighted by Gasteiger charge is 2.65. The molecule has 1 saturated carbocycles. The number of halogens is 5. The Morgan fingerprint density at radius 1 is 1.33 bits per heavy atom. The number of alkyl halides is 3. The third-order valence-corrected chi connectivity index (χ3v) is 3.68. The highest BCUT2D eigenvalue weighted by Crippen LogP contribution is 2.53. The average molecular weight is 328 g/mol. The van der Waals surface area contributed by atoms with Gasteiger partial charge in [0.1, 0.15) is 11.4 Å². The molecule has 1 fully saturated rings. The van der Waals surface area contributed by atoms with E-state index in [-0.39, 0.29) is 6.42 Å². The van der Waals surface area contributed by atoms with Gasteiger partial charge in [0.15, 0.2) is 0 Å². The Hall–Kier alpha value is -0.660. The molecule has 3 atom stereocenters. The van der Waals surface area contributed by atoms with Crippen molar-refractivity contribution >= 4 is 15.9 Å². The van der Waals surface area contributed by atoms with Gasteiger partial charge in [-0.05, 0) is 24.6 Å². The number of rotatable bonds is 2. The Kier molecular flexibility index (Phi) is 3.19. The predicted octanol–water partition coefficient (Wildman–Crippen LogP) is 2.69. The molecule has 1 aliphatic rings. The van der Waals surface area contributed by atoms with Crippen LogP contribution in [0.25, 0.3) is 0 Å². The highest BCUT2D eigenvalue weighted by atomic mass is 79.9. The molecule has 1 aliphatic carbocycles. The molecule has 0 spiro atoms. The molecule has 1 aromatic rings. The average Bonchev–Trinajstić information content (AvgIpc) is 2.97. The second-order valence-electron chi connectivity index (χ2n) is 4.40. The maximum absolute atomic E-state index is 13.6. The monoisotopic (exact) mass is 327 g/mol. The minimum absolute atomic E-state index is 0.0814. The first-order valence-electron chi connectivity index (χ1n) is 5.17. The van der Waals surface area contributed by atoms with E-state index in [1.807, 2.05) is 0 Å². The third-order valence-electron chi connectivity index (χ3n) is 3.18. The van der Waals surface area contributed by atoms with Crippen molar-refractivity contribution in [3.05, 3.63) is 34.1 Å². The molecule has 18 heavy (non-hydrogen) atoms. The van der Waals surface area contributed by atoms with E-state index in [0.717, 1.165) is 12.1 Å². The molecule has 7 heteroatoms. The van der Waals surface area contributed by atoms with Crippen molar-refractivity contribution in [2.75, 3.05) is 0 Å². The number of aliphatic hydroxyl groups is 1. The summed E-state index contributed by atoms with van der Waals surface area (Å²) in [5, 5.41) is 9.23. The molecule has 0 aromatic heterocycles. The first-order chi connectivity index (χ1) is 8.18. The molecule has 100 valence electrons. The Morgan fingerprint density at radius 3 is 2.33 bits per heavy atom. The smallest absolute Gasteiger partial charge is 0.393 e. The summed E-state index contributed by atoms with van der Waals surface area (Å²) in [5.74, 6) is -2.24. The normalized spacial score (nSPS) is 26.8. The van der Waals surface area contributed by atoms with Gasteiger partial charge in [0.05, 0.1) is 6.10 Å². The Bertz CT molecular complexity index is 479. The fraction of sp³-hybridized carbons (Fsp3) is 0.455. The molecule has 0 saturated heterocycles. The van der Waals surface area contributed by atoms with Crippen LogP contribution in [0.3, 0.4) is 0 Å². The van der Waals surface area contributed by atoms with Crippen molar-refractivity contribution in [3.63, 3.8) is 0 Å². The first-order valence-corrected chi connectivity index (χ1v) is 5.96. The summed E-state index contributed by atoms with van der Waals surface area (Å²) in [6.45, 7) is 0. The van der Waals surface area contributed by atoms with E-state index < -0.39 is 35.1 Å². The number of benzene rings is 1. The summed E-state index contributed by atoms with van der Waals surface area (Å²) >= 11 is 2.99. The summed E-state index contributed by atoms with van der Waals surface area (Å²) < 4.78 is 53.4. The van der Waals surface area contributed by atoms with Gasteiger partial charge in [0.25, 0.3) is 0 Å². The zero-order valence-corrected chi connectivity index (χ0v) is 10.6. The van der Waals surface area contributed by atoms with E-state index in [1.54, 1.807) is 0 Å². The van der Waals surface area contributed by atoms with Crippen LogP contribution in [0.1, 0.15) is 12.0 Å². The molecule has 0 bridgehead atoms. The van der Waals surface area contributed by atoms with Gasteiger partial charge in [-0.1, -0.05) is 15.9 Å². The SMILES string of the molecule is N[C@](c1cc(Br)ccc1F)([C@H]1C[C@H]1O)C(F)(F)F.